The Labute approximate surface area is 93.2 Å². The summed E-state index contributed by atoms with van der Waals surface area (Å²) in [6.45, 7) is 0. The van der Waals surface area contributed by atoms with Crippen molar-refractivity contribution in [1.82, 2.24) is 5.32 Å². The number of hydrogen-bond acceptors (Lipinski definition) is 3. The largest absolute Gasteiger partial charge is 0.504 e. The van der Waals surface area contributed by atoms with E-state index in [0.717, 1.165) is 12.8 Å². The summed E-state index contributed by atoms with van der Waals surface area (Å²) in [4.78, 5) is 11.7. The highest BCUT2D eigenvalue weighted by Gasteiger charge is 2.15. The molecular formula is C12H13NO3. The fourth-order valence-electron chi connectivity index (χ4n) is 1.67. The molecule has 84 valence electrons. The number of nitrogens with one attached hydrogen (secondary N) is 1. The second kappa shape index (κ2) is 4.26. The van der Waals surface area contributed by atoms with Crippen molar-refractivity contribution in [1.29, 1.82) is 0 Å². The van der Waals surface area contributed by atoms with Crippen LogP contribution in [0.3, 0.4) is 0 Å². The van der Waals surface area contributed by atoms with Crippen LogP contribution >= 0.6 is 0 Å². The van der Waals surface area contributed by atoms with Crippen molar-refractivity contribution in [3.63, 3.8) is 0 Å². The van der Waals surface area contributed by atoms with Gasteiger partial charge in [-0.05, 0) is 31.0 Å². The predicted octanol–water partition coefficient (Wildman–Crippen LogP) is 1.55. The maximum Gasteiger partial charge on any atom is 0.251 e. The van der Waals surface area contributed by atoms with Crippen LogP contribution in [0.5, 0.6) is 11.5 Å². The van der Waals surface area contributed by atoms with Crippen molar-refractivity contribution in [3.05, 3.63) is 35.9 Å². The number of phenols is 2. The first-order valence-corrected chi connectivity index (χ1v) is 5.14. The Hall–Kier alpha value is -1.97. The molecule has 2 rings (SSSR count). The summed E-state index contributed by atoms with van der Waals surface area (Å²) in [7, 11) is 0. The van der Waals surface area contributed by atoms with Crippen LogP contribution in [0.25, 0.3) is 0 Å². The van der Waals surface area contributed by atoms with Gasteiger partial charge < -0.3 is 15.5 Å². The molecule has 0 aliphatic heterocycles. The minimum Gasteiger partial charge on any atom is -0.504 e. The SMILES string of the molecule is O=C(NC1CC=CC1)c1ccc(O)c(O)c1. The number of benzene rings is 1. The summed E-state index contributed by atoms with van der Waals surface area (Å²) in [6.07, 6.45) is 5.74. The Balaban J connectivity index is 2.05. The van der Waals surface area contributed by atoms with Crippen LogP contribution in [0.4, 0.5) is 0 Å². The van der Waals surface area contributed by atoms with Gasteiger partial charge in [0.2, 0.25) is 0 Å². The van der Waals surface area contributed by atoms with E-state index in [9.17, 15) is 9.90 Å². The number of aromatic hydroxyl groups is 2. The molecule has 4 nitrogen and oxygen atoms in total. The molecule has 3 N–H and O–H groups in total. The quantitative estimate of drug-likeness (QED) is 0.522. The third-order valence-corrected chi connectivity index (χ3v) is 2.58. The molecule has 0 fully saturated rings. The summed E-state index contributed by atoms with van der Waals surface area (Å²) < 4.78 is 0. The van der Waals surface area contributed by atoms with E-state index in [-0.39, 0.29) is 23.4 Å². The van der Waals surface area contributed by atoms with Crippen LogP contribution in [-0.2, 0) is 0 Å². The molecule has 0 heterocycles. The van der Waals surface area contributed by atoms with Crippen LogP contribution in [0.15, 0.2) is 30.4 Å². The zero-order valence-electron chi connectivity index (χ0n) is 8.68. The summed E-state index contributed by atoms with van der Waals surface area (Å²) in [5, 5.41) is 21.2. The van der Waals surface area contributed by atoms with Crippen LogP contribution < -0.4 is 5.32 Å². The molecule has 0 bridgehead atoms. The number of rotatable bonds is 2. The Morgan fingerprint density at radius 1 is 1.19 bits per heavy atom. The first kappa shape index (κ1) is 10.5. The van der Waals surface area contributed by atoms with Gasteiger partial charge in [0.15, 0.2) is 11.5 Å². The summed E-state index contributed by atoms with van der Waals surface area (Å²) in [6, 6.07) is 4.18. The van der Waals surface area contributed by atoms with Crippen LogP contribution in [0, 0.1) is 0 Å². The fraction of sp³-hybridized carbons (Fsp3) is 0.250. The van der Waals surface area contributed by atoms with Gasteiger partial charge in [-0.25, -0.2) is 0 Å². The van der Waals surface area contributed by atoms with Crippen LogP contribution in [0.1, 0.15) is 23.2 Å². The van der Waals surface area contributed by atoms with Gasteiger partial charge in [-0.15, -0.1) is 0 Å². The third kappa shape index (κ3) is 2.16. The normalized spacial score (nSPS) is 15.2. The lowest BCUT2D eigenvalue weighted by Crippen LogP contribution is -2.32. The van der Waals surface area contributed by atoms with Crippen molar-refractivity contribution in [3.8, 4) is 11.5 Å². The van der Waals surface area contributed by atoms with Crippen molar-refractivity contribution in [2.45, 2.75) is 18.9 Å². The summed E-state index contributed by atoms with van der Waals surface area (Å²) in [5.41, 5.74) is 0.349. The summed E-state index contributed by atoms with van der Waals surface area (Å²) >= 11 is 0. The molecule has 0 saturated carbocycles. The van der Waals surface area contributed by atoms with Gasteiger partial charge in [0.05, 0.1) is 0 Å². The zero-order chi connectivity index (χ0) is 11.5. The average molecular weight is 219 g/mol. The molecule has 4 heteroatoms. The van der Waals surface area contributed by atoms with Gasteiger partial charge in [-0.2, -0.15) is 0 Å². The topological polar surface area (TPSA) is 69.6 Å². The van der Waals surface area contributed by atoms with Crippen LogP contribution in [-0.4, -0.2) is 22.2 Å². The molecule has 1 aliphatic rings. The smallest absolute Gasteiger partial charge is 0.251 e. The Bertz CT molecular complexity index is 432. The molecule has 16 heavy (non-hydrogen) atoms. The van der Waals surface area contributed by atoms with Crippen LogP contribution in [0.2, 0.25) is 0 Å². The highest BCUT2D eigenvalue weighted by atomic mass is 16.3. The van der Waals surface area contributed by atoms with E-state index in [0.29, 0.717) is 5.56 Å². The lowest BCUT2D eigenvalue weighted by molar-refractivity contribution is 0.0938. The zero-order valence-corrected chi connectivity index (χ0v) is 8.68. The highest BCUT2D eigenvalue weighted by molar-refractivity contribution is 5.95. The molecule has 1 aliphatic carbocycles. The van der Waals surface area contributed by atoms with Gasteiger partial charge in [-0.1, -0.05) is 12.2 Å². The molecule has 0 aromatic heterocycles. The highest BCUT2D eigenvalue weighted by Crippen LogP contribution is 2.25. The maximum atomic E-state index is 11.7. The molecule has 0 unspecified atom stereocenters. The van der Waals surface area contributed by atoms with Crippen molar-refractivity contribution >= 4 is 5.91 Å². The third-order valence-electron chi connectivity index (χ3n) is 2.58. The first-order valence-electron chi connectivity index (χ1n) is 5.14. The van der Waals surface area contributed by atoms with E-state index in [4.69, 9.17) is 5.11 Å². The minimum absolute atomic E-state index is 0.142. The standard InChI is InChI=1S/C12H13NO3/c14-10-6-5-8(7-11(10)15)12(16)13-9-3-1-2-4-9/h1-2,5-7,9,14-15H,3-4H2,(H,13,16). The monoisotopic (exact) mass is 219 g/mol. The maximum absolute atomic E-state index is 11.7. The van der Waals surface area contributed by atoms with Gasteiger partial charge in [0, 0.05) is 11.6 Å². The number of carbonyl (C=O) groups is 1. The summed E-state index contributed by atoms with van der Waals surface area (Å²) in [5.74, 6) is -0.736. The number of carbonyl (C=O) groups excluding carboxylic acids is 1. The second-order valence-electron chi connectivity index (χ2n) is 3.82. The van der Waals surface area contributed by atoms with Crippen molar-refractivity contribution in [2.24, 2.45) is 0 Å². The van der Waals surface area contributed by atoms with E-state index < -0.39 is 0 Å². The Kier molecular flexibility index (Phi) is 2.81. The predicted molar refractivity (Wildman–Crippen MR) is 59.4 cm³/mol. The Morgan fingerprint density at radius 2 is 1.88 bits per heavy atom. The van der Waals surface area contributed by atoms with Crippen molar-refractivity contribution < 1.29 is 15.0 Å². The second-order valence-corrected chi connectivity index (χ2v) is 3.82. The minimum atomic E-state index is -0.280. The molecule has 0 radical (unpaired) electrons. The fourth-order valence-corrected chi connectivity index (χ4v) is 1.67. The van der Waals surface area contributed by atoms with Gasteiger partial charge >= 0.3 is 0 Å². The molecule has 0 saturated heterocycles. The molecular weight excluding hydrogens is 206 g/mol. The molecule has 1 aromatic carbocycles. The number of amides is 1. The van der Waals surface area contributed by atoms with Crippen molar-refractivity contribution in [2.75, 3.05) is 0 Å². The number of hydrogen-bond donors (Lipinski definition) is 3. The lowest BCUT2D eigenvalue weighted by Gasteiger charge is -2.12. The van der Waals surface area contributed by atoms with E-state index in [1.54, 1.807) is 0 Å². The van der Waals surface area contributed by atoms with Gasteiger partial charge in [0.1, 0.15) is 0 Å². The average Bonchev–Trinajstić information content (AvgIpc) is 2.74. The molecule has 1 amide bonds. The van der Waals surface area contributed by atoms with E-state index >= 15 is 0 Å². The first-order chi connectivity index (χ1) is 7.66. The Morgan fingerprint density at radius 3 is 2.50 bits per heavy atom. The van der Waals surface area contributed by atoms with Gasteiger partial charge in [-0.3, -0.25) is 4.79 Å². The molecule has 1 aromatic rings. The van der Waals surface area contributed by atoms with E-state index in [1.807, 2.05) is 12.2 Å². The molecule has 0 atom stereocenters. The lowest BCUT2D eigenvalue weighted by atomic mass is 10.1. The molecule has 0 spiro atoms. The number of phenolic OH excluding ortho intramolecular Hbond substituents is 2. The van der Waals surface area contributed by atoms with Gasteiger partial charge in [0.25, 0.3) is 5.91 Å². The van der Waals surface area contributed by atoms with E-state index in [2.05, 4.69) is 5.32 Å². The van der Waals surface area contributed by atoms with E-state index in [1.165, 1.54) is 18.2 Å².